The van der Waals surface area contributed by atoms with Gasteiger partial charge in [0, 0.05) is 26.1 Å². The van der Waals surface area contributed by atoms with E-state index in [4.69, 9.17) is 5.14 Å². The molecule has 1 atom stereocenters. The van der Waals surface area contributed by atoms with Crippen LogP contribution < -0.4 is 10.5 Å². The number of likely N-dealkylation sites (N-methyl/N-ethyl adjacent to an activating group) is 1. The molecular formula is C8H17N3O3S. The summed E-state index contributed by atoms with van der Waals surface area (Å²) in [7, 11) is -3.58. The Kier molecular flexibility index (Phi) is 4.06. The first-order chi connectivity index (χ1) is 6.95. The van der Waals surface area contributed by atoms with Crippen LogP contribution in [0.2, 0.25) is 0 Å². The van der Waals surface area contributed by atoms with E-state index in [2.05, 4.69) is 5.32 Å². The monoisotopic (exact) mass is 235 g/mol. The molecule has 1 heterocycles. The Hall–Kier alpha value is -0.660. The van der Waals surface area contributed by atoms with E-state index in [1.807, 2.05) is 6.92 Å². The molecule has 1 unspecified atom stereocenters. The molecule has 0 aromatic heterocycles. The molecule has 0 radical (unpaired) electrons. The average Bonchev–Trinajstić information content (AvgIpc) is 2.48. The predicted molar refractivity (Wildman–Crippen MR) is 56.6 cm³/mol. The van der Waals surface area contributed by atoms with Crippen LogP contribution in [0.5, 0.6) is 0 Å². The highest BCUT2D eigenvalue weighted by Gasteiger charge is 2.35. The zero-order chi connectivity index (χ0) is 11.5. The summed E-state index contributed by atoms with van der Waals surface area (Å²) in [6.07, 6.45) is 0.0188. The van der Waals surface area contributed by atoms with E-state index in [0.29, 0.717) is 13.1 Å². The van der Waals surface area contributed by atoms with Gasteiger partial charge in [0.15, 0.2) is 0 Å². The summed E-state index contributed by atoms with van der Waals surface area (Å²) in [6.45, 7) is 4.25. The van der Waals surface area contributed by atoms with Crippen molar-refractivity contribution in [1.29, 1.82) is 0 Å². The minimum absolute atomic E-state index is 0.0188. The quantitative estimate of drug-likeness (QED) is 0.566. The molecule has 0 spiro atoms. The molecule has 1 amide bonds. The van der Waals surface area contributed by atoms with Crippen molar-refractivity contribution in [2.24, 2.45) is 5.14 Å². The molecule has 1 aliphatic rings. The molecule has 88 valence electrons. The highest BCUT2D eigenvalue weighted by molar-refractivity contribution is 7.89. The van der Waals surface area contributed by atoms with Gasteiger partial charge >= 0.3 is 0 Å². The first-order valence-corrected chi connectivity index (χ1v) is 6.56. The molecule has 0 aromatic rings. The highest BCUT2D eigenvalue weighted by atomic mass is 32.2. The van der Waals surface area contributed by atoms with Crippen LogP contribution in [0.4, 0.5) is 0 Å². The van der Waals surface area contributed by atoms with Crippen molar-refractivity contribution in [2.45, 2.75) is 18.6 Å². The molecule has 1 fully saturated rings. The molecule has 0 aliphatic carbocycles. The van der Waals surface area contributed by atoms with Gasteiger partial charge in [-0.05, 0) is 6.54 Å². The van der Waals surface area contributed by atoms with E-state index in [-0.39, 0.29) is 18.9 Å². The first-order valence-electron chi connectivity index (χ1n) is 4.95. The number of carbonyl (C=O) groups is 1. The Morgan fingerprint density at radius 3 is 2.73 bits per heavy atom. The van der Waals surface area contributed by atoms with Gasteiger partial charge in [-0.2, -0.15) is 0 Å². The Balaban J connectivity index is 2.46. The van der Waals surface area contributed by atoms with Crippen molar-refractivity contribution in [2.75, 3.05) is 26.2 Å². The summed E-state index contributed by atoms with van der Waals surface area (Å²) in [5.41, 5.74) is 0. The second-order valence-electron chi connectivity index (χ2n) is 3.61. The molecule has 0 bridgehead atoms. The van der Waals surface area contributed by atoms with E-state index in [1.165, 1.54) is 4.90 Å². The number of sulfonamides is 1. The smallest absolute Gasteiger partial charge is 0.224 e. The molecule has 1 aliphatic heterocycles. The molecule has 1 rings (SSSR count). The molecule has 15 heavy (non-hydrogen) atoms. The zero-order valence-electron chi connectivity index (χ0n) is 8.77. The molecule has 6 nitrogen and oxygen atoms in total. The fourth-order valence-electron chi connectivity index (χ4n) is 1.56. The van der Waals surface area contributed by atoms with Crippen molar-refractivity contribution in [3.63, 3.8) is 0 Å². The van der Waals surface area contributed by atoms with Crippen LogP contribution in [0.1, 0.15) is 13.3 Å². The average molecular weight is 235 g/mol. The fraction of sp³-hybridized carbons (Fsp3) is 0.875. The summed E-state index contributed by atoms with van der Waals surface area (Å²) < 4.78 is 22.1. The lowest BCUT2D eigenvalue weighted by molar-refractivity contribution is -0.127. The SMILES string of the molecule is CCNCCN1CC(S(N)(=O)=O)CC1=O. The van der Waals surface area contributed by atoms with Crippen LogP contribution in [0.15, 0.2) is 0 Å². The van der Waals surface area contributed by atoms with E-state index in [9.17, 15) is 13.2 Å². The zero-order valence-corrected chi connectivity index (χ0v) is 9.59. The number of hydrogen-bond donors (Lipinski definition) is 2. The summed E-state index contributed by atoms with van der Waals surface area (Å²) in [4.78, 5) is 12.9. The van der Waals surface area contributed by atoms with Crippen molar-refractivity contribution in [3.8, 4) is 0 Å². The van der Waals surface area contributed by atoms with Gasteiger partial charge in [0.05, 0.1) is 0 Å². The van der Waals surface area contributed by atoms with E-state index < -0.39 is 15.3 Å². The minimum atomic E-state index is -3.58. The number of amides is 1. The normalized spacial score (nSPS) is 22.4. The molecular weight excluding hydrogens is 218 g/mol. The highest BCUT2D eigenvalue weighted by Crippen LogP contribution is 2.15. The van der Waals surface area contributed by atoms with Crippen LogP contribution in [0.25, 0.3) is 0 Å². The summed E-state index contributed by atoms with van der Waals surface area (Å²) in [6, 6.07) is 0. The number of nitrogens with two attached hydrogens (primary N) is 1. The topological polar surface area (TPSA) is 92.5 Å². The third-order valence-electron chi connectivity index (χ3n) is 2.45. The van der Waals surface area contributed by atoms with Crippen LogP contribution in [0.3, 0.4) is 0 Å². The lowest BCUT2D eigenvalue weighted by atomic mass is 10.4. The largest absolute Gasteiger partial charge is 0.340 e. The van der Waals surface area contributed by atoms with Gasteiger partial charge in [-0.1, -0.05) is 6.92 Å². The number of rotatable bonds is 5. The van der Waals surface area contributed by atoms with E-state index in [0.717, 1.165) is 6.54 Å². The van der Waals surface area contributed by atoms with Gasteiger partial charge in [-0.25, -0.2) is 13.6 Å². The number of nitrogens with zero attached hydrogens (tertiary/aromatic N) is 1. The second-order valence-corrected chi connectivity index (χ2v) is 5.45. The molecule has 7 heteroatoms. The lowest BCUT2D eigenvalue weighted by Gasteiger charge is -2.15. The third kappa shape index (κ3) is 3.44. The standard InChI is InChI=1S/C8H17N3O3S/c1-2-10-3-4-11-6-7(5-8(11)12)15(9,13)14/h7,10H,2-6H2,1H3,(H2,9,13,14). The van der Waals surface area contributed by atoms with Crippen molar-refractivity contribution in [3.05, 3.63) is 0 Å². The summed E-state index contributed by atoms with van der Waals surface area (Å²) >= 11 is 0. The van der Waals surface area contributed by atoms with Crippen LogP contribution in [0, 0.1) is 0 Å². The predicted octanol–water partition coefficient (Wildman–Crippen LogP) is -1.51. The van der Waals surface area contributed by atoms with E-state index >= 15 is 0 Å². The van der Waals surface area contributed by atoms with Crippen LogP contribution >= 0.6 is 0 Å². The van der Waals surface area contributed by atoms with Crippen LogP contribution in [-0.2, 0) is 14.8 Å². The first kappa shape index (κ1) is 12.4. The number of carbonyl (C=O) groups excluding carboxylic acids is 1. The van der Waals surface area contributed by atoms with Gasteiger partial charge in [0.1, 0.15) is 5.25 Å². The van der Waals surface area contributed by atoms with Crippen molar-refractivity contribution < 1.29 is 13.2 Å². The van der Waals surface area contributed by atoms with E-state index in [1.54, 1.807) is 0 Å². The molecule has 1 saturated heterocycles. The Morgan fingerprint density at radius 1 is 1.60 bits per heavy atom. The Bertz CT molecular complexity index is 328. The number of hydrogen-bond acceptors (Lipinski definition) is 4. The number of likely N-dealkylation sites (tertiary alicyclic amines) is 1. The molecule has 3 N–H and O–H groups in total. The maximum atomic E-state index is 11.4. The fourth-order valence-corrected chi connectivity index (χ4v) is 2.33. The van der Waals surface area contributed by atoms with Crippen molar-refractivity contribution in [1.82, 2.24) is 10.2 Å². The van der Waals surface area contributed by atoms with Crippen molar-refractivity contribution >= 4 is 15.9 Å². The minimum Gasteiger partial charge on any atom is -0.340 e. The Morgan fingerprint density at radius 2 is 2.27 bits per heavy atom. The van der Waals surface area contributed by atoms with Gasteiger partial charge in [-0.3, -0.25) is 4.79 Å². The summed E-state index contributed by atoms with van der Waals surface area (Å²) in [5, 5.41) is 7.34. The number of nitrogens with one attached hydrogen (secondary N) is 1. The van der Waals surface area contributed by atoms with Gasteiger partial charge < -0.3 is 10.2 Å². The third-order valence-corrected chi connectivity index (χ3v) is 3.70. The van der Waals surface area contributed by atoms with Crippen LogP contribution in [-0.4, -0.2) is 50.7 Å². The number of primary sulfonamides is 1. The molecule has 0 saturated carbocycles. The van der Waals surface area contributed by atoms with Gasteiger partial charge in [0.2, 0.25) is 15.9 Å². The maximum Gasteiger partial charge on any atom is 0.224 e. The lowest BCUT2D eigenvalue weighted by Crippen LogP contribution is -2.35. The summed E-state index contributed by atoms with van der Waals surface area (Å²) in [5.74, 6) is -0.132. The van der Waals surface area contributed by atoms with Gasteiger partial charge in [0.25, 0.3) is 0 Å². The van der Waals surface area contributed by atoms with Gasteiger partial charge in [-0.15, -0.1) is 0 Å². The molecule has 0 aromatic carbocycles. The second kappa shape index (κ2) is 4.91. The Labute approximate surface area is 89.9 Å². The maximum absolute atomic E-state index is 11.4.